The van der Waals surface area contributed by atoms with Crippen LogP contribution < -0.4 is 10.6 Å². The van der Waals surface area contributed by atoms with Crippen molar-refractivity contribution in [3.8, 4) is 0 Å². The number of rotatable bonds is 9. The highest BCUT2D eigenvalue weighted by molar-refractivity contribution is 14.0. The molecule has 2 atom stereocenters. The van der Waals surface area contributed by atoms with E-state index in [1.54, 1.807) is 0 Å². The molecular weight excluding hydrogens is 439 g/mol. The summed E-state index contributed by atoms with van der Waals surface area (Å²) in [7, 11) is 1.83. The molecule has 150 valence electrons. The summed E-state index contributed by atoms with van der Waals surface area (Å²) in [6, 6.07) is 1.96. The van der Waals surface area contributed by atoms with Gasteiger partial charge in [0, 0.05) is 52.2 Å². The molecule has 0 aromatic carbocycles. The first-order chi connectivity index (χ1) is 12.2. The molecule has 0 saturated carbocycles. The van der Waals surface area contributed by atoms with Crippen molar-refractivity contribution >= 4 is 29.9 Å². The van der Waals surface area contributed by atoms with Gasteiger partial charge in [0.05, 0.1) is 0 Å². The standard InChI is InChI=1S/C19H36N6.HI/c1-17-14-18(2)16-24(15-17)11-5-4-8-21-19(20-3)22-9-6-12-25-13-7-10-23-25;/h7,10,13,17-18H,4-6,8-9,11-12,14-16H2,1-3H3,(H2,20,21,22);1H. The lowest BCUT2D eigenvalue weighted by atomic mass is 9.92. The zero-order valence-corrected chi connectivity index (χ0v) is 19.0. The van der Waals surface area contributed by atoms with Crippen molar-refractivity contribution < 1.29 is 0 Å². The highest BCUT2D eigenvalue weighted by atomic mass is 127. The van der Waals surface area contributed by atoms with Gasteiger partial charge in [-0.25, -0.2) is 0 Å². The average Bonchev–Trinajstić information content (AvgIpc) is 3.09. The molecule has 0 bridgehead atoms. The van der Waals surface area contributed by atoms with Crippen LogP contribution in [0.5, 0.6) is 0 Å². The van der Waals surface area contributed by atoms with Crippen LogP contribution in [-0.4, -0.2) is 60.4 Å². The Hall–Kier alpha value is -0.830. The van der Waals surface area contributed by atoms with Gasteiger partial charge >= 0.3 is 0 Å². The first-order valence-electron chi connectivity index (χ1n) is 9.81. The number of halogens is 1. The minimum absolute atomic E-state index is 0. The highest BCUT2D eigenvalue weighted by Gasteiger charge is 2.20. The Balaban J connectivity index is 0.00000338. The fourth-order valence-corrected chi connectivity index (χ4v) is 3.74. The molecule has 1 aromatic rings. The van der Waals surface area contributed by atoms with Crippen molar-refractivity contribution in [2.75, 3.05) is 39.8 Å². The molecule has 6 nitrogen and oxygen atoms in total. The van der Waals surface area contributed by atoms with Gasteiger partial charge in [0.1, 0.15) is 0 Å². The van der Waals surface area contributed by atoms with Gasteiger partial charge in [0.2, 0.25) is 0 Å². The number of aromatic nitrogens is 2. The molecule has 0 radical (unpaired) electrons. The summed E-state index contributed by atoms with van der Waals surface area (Å²) >= 11 is 0. The van der Waals surface area contributed by atoms with E-state index >= 15 is 0 Å². The van der Waals surface area contributed by atoms with Gasteiger partial charge in [-0.3, -0.25) is 9.67 Å². The van der Waals surface area contributed by atoms with E-state index in [0.29, 0.717) is 0 Å². The van der Waals surface area contributed by atoms with E-state index < -0.39 is 0 Å². The maximum atomic E-state index is 4.29. The summed E-state index contributed by atoms with van der Waals surface area (Å²) in [4.78, 5) is 6.93. The number of nitrogens with one attached hydrogen (secondary N) is 2. The van der Waals surface area contributed by atoms with Crippen molar-refractivity contribution in [2.24, 2.45) is 16.8 Å². The van der Waals surface area contributed by atoms with Gasteiger partial charge in [-0.05, 0) is 50.1 Å². The molecule has 7 heteroatoms. The zero-order chi connectivity index (χ0) is 17.9. The fraction of sp³-hybridized carbons (Fsp3) is 0.789. The van der Waals surface area contributed by atoms with Crippen LogP contribution in [0.3, 0.4) is 0 Å². The summed E-state index contributed by atoms with van der Waals surface area (Å²) < 4.78 is 1.96. The van der Waals surface area contributed by atoms with Crippen molar-refractivity contribution in [3.63, 3.8) is 0 Å². The molecule has 0 spiro atoms. The number of likely N-dealkylation sites (tertiary alicyclic amines) is 1. The number of hydrogen-bond donors (Lipinski definition) is 2. The van der Waals surface area contributed by atoms with E-state index in [0.717, 1.165) is 43.9 Å². The molecule has 1 saturated heterocycles. The Bertz CT molecular complexity index is 480. The Morgan fingerprint density at radius 1 is 1.08 bits per heavy atom. The van der Waals surface area contributed by atoms with Gasteiger partial charge in [0.25, 0.3) is 0 Å². The molecule has 2 unspecified atom stereocenters. The second kappa shape index (κ2) is 13.4. The topological polar surface area (TPSA) is 57.5 Å². The Labute approximate surface area is 176 Å². The largest absolute Gasteiger partial charge is 0.356 e. The van der Waals surface area contributed by atoms with E-state index in [9.17, 15) is 0 Å². The highest BCUT2D eigenvalue weighted by Crippen LogP contribution is 2.20. The second-order valence-electron chi connectivity index (χ2n) is 7.46. The number of unbranched alkanes of at least 4 members (excludes halogenated alkanes) is 1. The third kappa shape index (κ3) is 9.21. The first kappa shape index (κ1) is 23.2. The minimum atomic E-state index is 0. The van der Waals surface area contributed by atoms with Crippen LogP contribution in [0, 0.1) is 11.8 Å². The quantitative estimate of drug-likeness (QED) is 0.249. The van der Waals surface area contributed by atoms with Gasteiger partial charge in [-0.1, -0.05) is 13.8 Å². The second-order valence-corrected chi connectivity index (χ2v) is 7.46. The van der Waals surface area contributed by atoms with Crippen molar-refractivity contribution in [1.82, 2.24) is 25.3 Å². The van der Waals surface area contributed by atoms with Crippen LogP contribution in [0.15, 0.2) is 23.5 Å². The molecule has 1 aliphatic rings. The van der Waals surface area contributed by atoms with Crippen molar-refractivity contribution in [2.45, 2.75) is 46.1 Å². The normalized spacial score (nSPS) is 21.3. The SMILES string of the molecule is CN=C(NCCCCN1CC(C)CC(C)C1)NCCCn1cccn1.I. The third-order valence-corrected chi connectivity index (χ3v) is 4.78. The van der Waals surface area contributed by atoms with Crippen molar-refractivity contribution in [3.05, 3.63) is 18.5 Å². The molecule has 1 aromatic heterocycles. The lowest BCUT2D eigenvalue weighted by Crippen LogP contribution is -2.40. The molecule has 1 aliphatic heterocycles. The van der Waals surface area contributed by atoms with E-state index in [-0.39, 0.29) is 24.0 Å². The average molecular weight is 476 g/mol. The number of aryl methyl sites for hydroxylation is 1. The summed E-state index contributed by atoms with van der Waals surface area (Å²) in [6.07, 6.45) is 8.68. The van der Waals surface area contributed by atoms with Crippen molar-refractivity contribution in [1.29, 1.82) is 0 Å². The summed E-state index contributed by atoms with van der Waals surface area (Å²) in [5, 5.41) is 11.0. The fourth-order valence-electron chi connectivity index (χ4n) is 3.74. The van der Waals surface area contributed by atoms with Gasteiger partial charge in [0.15, 0.2) is 5.96 Å². The van der Waals surface area contributed by atoms with E-state index in [1.165, 1.54) is 38.9 Å². The predicted octanol–water partition coefficient (Wildman–Crippen LogP) is 2.81. The first-order valence-corrected chi connectivity index (χ1v) is 9.81. The van der Waals surface area contributed by atoms with Crippen LogP contribution in [-0.2, 0) is 6.54 Å². The van der Waals surface area contributed by atoms with Gasteiger partial charge in [-0.15, -0.1) is 24.0 Å². The maximum absolute atomic E-state index is 4.29. The number of guanidine groups is 1. The Morgan fingerprint density at radius 2 is 1.77 bits per heavy atom. The number of aliphatic imine (C=N–C) groups is 1. The Morgan fingerprint density at radius 3 is 2.38 bits per heavy atom. The lowest BCUT2D eigenvalue weighted by Gasteiger charge is -2.34. The van der Waals surface area contributed by atoms with Gasteiger partial charge < -0.3 is 15.5 Å². The van der Waals surface area contributed by atoms with E-state index in [2.05, 4.69) is 39.5 Å². The lowest BCUT2D eigenvalue weighted by molar-refractivity contribution is 0.139. The number of hydrogen-bond acceptors (Lipinski definition) is 3. The monoisotopic (exact) mass is 476 g/mol. The van der Waals surface area contributed by atoms with Crippen LogP contribution in [0.1, 0.15) is 39.5 Å². The molecule has 2 heterocycles. The van der Waals surface area contributed by atoms with Crippen LogP contribution in [0.4, 0.5) is 0 Å². The predicted molar refractivity (Wildman–Crippen MR) is 120 cm³/mol. The van der Waals surface area contributed by atoms with Crippen LogP contribution in [0.25, 0.3) is 0 Å². The summed E-state index contributed by atoms with van der Waals surface area (Å²) in [6.45, 7) is 11.4. The Kier molecular flexibility index (Phi) is 11.9. The number of piperidine rings is 1. The molecular formula is C19H37IN6. The van der Waals surface area contributed by atoms with Crippen LogP contribution >= 0.6 is 24.0 Å². The van der Waals surface area contributed by atoms with E-state index in [4.69, 9.17) is 0 Å². The summed E-state index contributed by atoms with van der Waals surface area (Å²) in [5.41, 5.74) is 0. The minimum Gasteiger partial charge on any atom is -0.356 e. The molecule has 0 amide bonds. The third-order valence-electron chi connectivity index (χ3n) is 4.78. The van der Waals surface area contributed by atoms with Crippen LogP contribution in [0.2, 0.25) is 0 Å². The number of nitrogens with zero attached hydrogens (tertiary/aromatic N) is 4. The van der Waals surface area contributed by atoms with E-state index in [1.807, 2.05) is 30.2 Å². The van der Waals surface area contributed by atoms with Gasteiger partial charge in [-0.2, -0.15) is 5.10 Å². The molecule has 0 aliphatic carbocycles. The smallest absolute Gasteiger partial charge is 0.190 e. The zero-order valence-electron chi connectivity index (χ0n) is 16.7. The molecule has 26 heavy (non-hydrogen) atoms. The molecule has 2 rings (SSSR count). The summed E-state index contributed by atoms with van der Waals surface area (Å²) in [5.74, 6) is 2.61. The molecule has 2 N–H and O–H groups in total. The maximum Gasteiger partial charge on any atom is 0.190 e. The molecule has 1 fully saturated rings.